The summed E-state index contributed by atoms with van der Waals surface area (Å²) in [5, 5.41) is 15.7. The van der Waals surface area contributed by atoms with E-state index in [9.17, 15) is 4.79 Å². The zero-order chi connectivity index (χ0) is 26.7. The quantitative estimate of drug-likeness (QED) is 0.319. The lowest BCUT2D eigenvalue weighted by Crippen LogP contribution is -2.35. The van der Waals surface area contributed by atoms with Crippen LogP contribution in [0.25, 0.3) is 6.08 Å². The number of hydrazone groups is 1. The predicted octanol–water partition coefficient (Wildman–Crippen LogP) is 6.13. The smallest absolute Gasteiger partial charge is 0.283 e. The maximum atomic E-state index is 12.6. The van der Waals surface area contributed by atoms with Crippen molar-refractivity contribution < 1.29 is 19.0 Å². The summed E-state index contributed by atoms with van der Waals surface area (Å²) in [6.45, 7) is 9.03. The first-order chi connectivity index (χ1) is 17.6. The molecule has 2 aromatic rings. The van der Waals surface area contributed by atoms with Crippen molar-refractivity contribution >= 4 is 51.4 Å². The fraction of sp³-hybridized carbons (Fsp3) is 0.333. The molecule has 0 spiro atoms. The molecule has 0 fully saturated rings. The molecule has 2 aromatic carbocycles. The monoisotopic (exact) mass is 540 g/mol. The third kappa shape index (κ3) is 5.99. The largest absolute Gasteiger partial charge is 0.493 e. The topological polar surface area (TPSA) is 96.6 Å². The molecule has 0 atom stereocenters. The molecule has 2 aliphatic rings. The molecular weight excluding hydrogens is 512 g/mol. The summed E-state index contributed by atoms with van der Waals surface area (Å²) in [4.78, 5) is 16.7. The second-order valence-corrected chi connectivity index (χ2v) is 10.8. The van der Waals surface area contributed by atoms with Crippen LogP contribution in [-0.4, -0.2) is 47.3 Å². The third-order valence-electron chi connectivity index (χ3n) is 5.68. The summed E-state index contributed by atoms with van der Waals surface area (Å²) >= 11 is 7.81. The zero-order valence-corrected chi connectivity index (χ0v) is 23.0. The molecule has 2 heterocycles. The van der Waals surface area contributed by atoms with E-state index >= 15 is 0 Å². The fourth-order valence-corrected chi connectivity index (χ4v) is 4.76. The predicted molar refractivity (Wildman–Crippen MR) is 149 cm³/mol. The summed E-state index contributed by atoms with van der Waals surface area (Å²) in [6, 6.07) is 11.4. The summed E-state index contributed by atoms with van der Waals surface area (Å²) < 4.78 is 17.1. The van der Waals surface area contributed by atoms with E-state index in [-0.39, 0.29) is 23.4 Å². The molecule has 194 valence electrons. The Morgan fingerprint density at radius 3 is 2.49 bits per heavy atom. The standard InChI is InChI=1S/C27H29ClN4O4S/c1-6-22-31-32-24(29)19(25(33)30-26(32)37-22)13-16-14-20(28)23(21(15-16)34-5)36-12-11-35-18-9-7-17(8-10-18)27(2,3)4/h7-10,13-15,29H,6,11-12H2,1-5H3/b19-13-,29-24?. The van der Waals surface area contributed by atoms with E-state index in [0.29, 0.717) is 40.3 Å². The average Bonchev–Trinajstić information content (AvgIpc) is 3.28. The summed E-state index contributed by atoms with van der Waals surface area (Å²) in [5.74, 6) is 0.995. The highest BCUT2D eigenvalue weighted by Crippen LogP contribution is 2.38. The van der Waals surface area contributed by atoms with Crippen molar-refractivity contribution in [2.45, 2.75) is 39.5 Å². The highest BCUT2D eigenvalue weighted by molar-refractivity contribution is 8.26. The van der Waals surface area contributed by atoms with E-state index in [2.05, 4.69) is 43.0 Å². The van der Waals surface area contributed by atoms with Crippen LogP contribution >= 0.6 is 23.4 Å². The number of ether oxygens (including phenoxy) is 3. The van der Waals surface area contributed by atoms with Crippen LogP contribution < -0.4 is 14.2 Å². The maximum Gasteiger partial charge on any atom is 0.283 e. The van der Waals surface area contributed by atoms with Gasteiger partial charge in [-0.05, 0) is 65.1 Å². The number of carbonyl (C=O) groups excluding carboxylic acids is 1. The van der Waals surface area contributed by atoms with Gasteiger partial charge in [-0.25, -0.2) is 0 Å². The molecule has 8 nitrogen and oxygen atoms in total. The lowest BCUT2D eigenvalue weighted by atomic mass is 9.87. The molecule has 0 radical (unpaired) electrons. The number of carbonyl (C=O) groups is 1. The molecule has 0 saturated carbocycles. The highest BCUT2D eigenvalue weighted by Gasteiger charge is 2.35. The first kappa shape index (κ1) is 26.8. The Morgan fingerprint density at radius 2 is 1.84 bits per heavy atom. The van der Waals surface area contributed by atoms with Gasteiger partial charge in [0.05, 0.1) is 17.7 Å². The molecule has 10 heteroatoms. The van der Waals surface area contributed by atoms with Gasteiger partial charge < -0.3 is 14.2 Å². The number of amidine groups is 2. The molecule has 0 saturated heterocycles. The molecule has 2 aliphatic heterocycles. The number of halogens is 1. The van der Waals surface area contributed by atoms with Crippen molar-refractivity contribution in [2.75, 3.05) is 20.3 Å². The van der Waals surface area contributed by atoms with Crippen molar-refractivity contribution in [1.29, 1.82) is 5.41 Å². The first-order valence-corrected chi connectivity index (χ1v) is 13.0. The van der Waals surface area contributed by atoms with E-state index in [0.717, 1.165) is 10.8 Å². The van der Waals surface area contributed by atoms with Gasteiger partial charge in [0, 0.05) is 0 Å². The highest BCUT2D eigenvalue weighted by atomic mass is 35.5. The Balaban J connectivity index is 1.44. The van der Waals surface area contributed by atoms with E-state index in [4.69, 9.17) is 31.2 Å². The Hall–Kier alpha value is -3.30. The fourth-order valence-electron chi connectivity index (χ4n) is 3.66. The molecular formula is C27H29ClN4O4S. The van der Waals surface area contributed by atoms with Crippen molar-refractivity contribution in [3.05, 3.63) is 58.1 Å². The molecule has 1 amide bonds. The van der Waals surface area contributed by atoms with Gasteiger partial charge in [-0.1, -0.05) is 51.4 Å². The van der Waals surface area contributed by atoms with Crippen LogP contribution in [0.5, 0.6) is 17.2 Å². The number of thioether (sulfide) groups is 1. The normalized spacial score (nSPS) is 16.5. The van der Waals surface area contributed by atoms with Gasteiger partial charge in [-0.2, -0.15) is 15.1 Å². The number of aliphatic imine (C=N–C) groups is 1. The number of hydrogen-bond acceptors (Lipinski definition) is 7. The minimum Gasteiger partial charge on any atom is -0.493 e. The van der Waals surface area contributed by atoms with Crippen LogP contribution in [0.3, 0.4) is 0 Å². The van der Waals surface area contributed by atoms with E-state index in [1.165, 1.54) is 29.4 Å². The van der Waals surface area contributed by atoms with Crippen LogP contribution in [0.1, 0.15) is 45.2 Å². The van der Waals surface area contributed by atoms with Gasteiger partial charge in [0.1, 0.15) is 24.0 Å². The van der Waals surface area contributed by atoms with Crippen LogP contribution in [-0.2, 0) is 10.2 Å². The first-order valence-electron chi connectivity index (χ1n) is 11.8. The van der Waals surface area contributed by atoms with Gasteiger partial charge in [0.25, 0.3) is 5.91 Å². The van der Waals surface area contributed by atoms with Crippen LogP contribution in [0.4, 0.5) is 0 Å². The molecule has 4 rings (SSSR count). The van der Waals surface area contributed by atoms with Crippen molar-refractivity contribution in [3.8, 4) is 17.2 Å². The summed E-state index contributed by atoms with van der Waals surface area (Å²) in [6.07, 6.45) is 2.25. The minimum absolute atomic E-state index is 0.0333. The Kier molecular flexibility index (Phi) is 7.94. The second-order valence-electron chi connectivity index (χ2n) is 9.37. The second kappa shape index (κ2) is 11.0. The van der Waals surface area contributed by atoms with Crippen LogP contribution in [0.15, 0.2) is 52.1 Å². The molecule has 0 aromatic heterocycles. The maximum absolute atomic E-state index is 12.6. The number of rotatable bonds is 8. The van der Waals surface area contributed by atoms with Gasteiger partial charge in [-0.15, -0.1) is 0 Å². The van der Waals surface area contributed by atoms with Crippen LogP contribution in [0.2, 0.25) is 5.02 Å². The van der Waals surface area contributed by atoms with E-state index in [1.54, 1.807) is 18.2 Å². The number of hydrogen-bond donors (Lipinski definition) is 1. The number of fused-ring (bicyclic) bond motifs is 1. The third-order valence-corrected chi connectivity index (χ3v) is 7.01. The van der Waals surface area contributed by atoms with Gasteiger partial charge in [0.2, 0.25) is 5.17 Å². The lowest BCUT2D eigenvalue weighted by Gasteiger charge is -2.20. The van der Waals surface area contributed by atoms with E-state index in [1.807, 2.05) is 19.1 Å². The summed E-state index contributed by atoms with van der Waals surface area (Å²) in [7, 11) is 1.51. The van der Waals surface area contributed by atoms with Crippen molar-refractivity contribution in [2.24, 2.45) is 10.1 Å². The zero-order valence-electron chi connectivity index (χ0n) is 21.4. The number of amides is 1. The number of nitrogens with one attached hydrogen (secondary N) is 1. The Morgan fingerprint density at radius 1 is 1.14 bits per heavy atom. The molecule has 37 heavy (non-hydrogen) atoms. The van der Waals surface area contributed by atoms with Crippen molar-refractivity contribution in [1.82, 2.24) is 5.01 Å². The minimum atomic E-state index is -0.501. The van der Waals surface area contributed by atoms with Gasteiger partial charge >= 0.3 is 0 Å². The number of benzene rings is 2. The van der Waals surface area contributed by atoms with Crippen molar-refractivity contribution in [3.63, 3.8) is 0 Å². The number of nitrogens with zero attached hydrogens (tertiary/aromatic N) is 3. The Bertz CT molecular complexity index is 1310. The van der Waals surface area contributed by atoms with Crippen LogP contribution in [0, 0.1) is 5.41 Å². The molecule has 0 bridgehead atoms. The SMILES string of the molecule is CCC1=NN2C(=N)/C(=C/c3cc(Cl)c(OCCOc4ccc(C(C)(C)C)cc4)c(OC)c3)C(=O)N=C2S1. The summed E-state index contributed by atoms with van der Waals surface area (Å²) in [5.41, 5.74) is 2.00. The van der Waals surface area contributed by atoms with Gasteiger partial charge in [-0.3, -0.25) is 10.2 Å². The number of methoxy groups -OCH3 is 1. The molecule has 0 aliphatic carbocycles. The molecule has 1 N–H and O–H groups in total. The average molecular weight is 541 g/mol. The molecule has 0 unspecified atom stereocenters. The lowest BCUT2D eigenvalue weighted by molar-refractivity contribution is -0.114. The van der Waals surface area contributed by atoms with E-state index < -0.39 is 5.91 Å². The Labute approximate surface area is 225 Å². The van der Waals surface area contributed by atoms with Gasteiger partial charge in [0.15, 0.2) is 17.3 Å².